The molecule has 0 bridgehead atoms. The molecule has 37 heavy (non-hydrogen) atoms. The van der Waals surface area contributed by atoms with E-state index < -0.39 is 0 Å². The van der Waals surface area contributed by atoms with Crippen molar-refractivity contribution in [3.8, 4) is 28.1 Å². The number of fused-ring (bicyclic) bond motifs is 1. The summed E-state index contributed by atoms with van der Waals surface area (Å²) in [5.74, 6) is 0.668. The van der Waals surface area contributed by atoms with Crippen molar-refractivity contribution in [2.24, 2.45) is 5.10 Å². The topological polar surface area (TPSA) is 55.1 Å². The van der Waals surface area contributed by atoms with Gasteiger partial charge >= 0.3 is 0 Å². The summed E-state index contributed by atoms with van der Waals surface area (Å²) in [6.45, 7) is 0. The van der Waals surface area contributed by atoms with Crippen LogP contribution in [0, 0.1) is 0 Å². The number of aromatic nitrogens is 3. The molecule has 0 aliphatic rings. The first-order valence-corrected chi connectivity index (χ1v) is 12.7. The molecule has 6 aromatic rings. The quantitative estimate of drug-likeness (QED) is 0.171. The van der Waals surface area contributed by atoms with Gasteiger partial charge in [0.15, 0.2) is 0 Å². The van der Waals surface area contributed by atoms with Crippen LogP contribution in [0.5, 0.6) is 0 Å². The zero-order valence-electron chi connectivity index (χ0n) is 19.8. The van der Waals surface area contributed by atoms with E-state index in [0.717, 1.165) is 49.0 Å². The minimum absolute atomic E-state index is 0.668. The van der Waals surface area contributed by atoms with Crippen LogP contribution >= 0.6 is 15.9 Å². The highest BCUT2D eigenvalue weighted by Gasteiger charge is 2.12. The molecule has 6 rings (SSSR count). The number of nitrogens with one attached hydrogen (secondary N) is 1. The van der Waals surface area contributed by atoms with Crippen LogP contribution in [0.4, 0.5) is 5.82 Å². The fourth-order valence-electron chi connectivity index (χ4n) is 4.29. The van der Waals surface area contributed by atoms with Crippen molar-refractivity contribution in [1.29, 1.82) is 0 Å². The third-order valence-corrected chi connectivity index (χ3v) is 6.54. The second-order valence-electron chi connectivity index (χ2n) is 8.53. The summed E-state index contributed by atoms with van der Waals surface area (Å²) < 4.78 is 2.89. The minimum atomic E-state index is 0.668. The number of hydrogen-bond donors (Lipinski definition) is 1. The summed E-state index contributed by atoms with van der Waals surface area (Å²) >= 11 is 3.60. The number of pyridine rings is 1. The molecule has 0 saturated carbocycles. The predicted octanol–water partition coefficient (Wildman–Crippen LogP) is 7.96. The number of rotatable bonds is 6. The van der Waals surface area contributed by atoms with Gasteiger partial charge in [0.05, 0.1) is 17.4 Å². The molecule has 1 N–H and O–H groups in total. The van der Waals surface area contributed by atoms with Gasteiger partial charge in [0.25, 0.3) is 0 Å². The molecule has 2 heterocycles. The van der Waals surface area contributed by atoms with Crippen molar-refractivity contribution in [3.05, 3.63) is 131 Å². The Labute approximate surface area is 223 Å². The van der Waals surface area contributed by atoms with Crippen LogP contribution in [0.25, 0.3) is 39.0 Å². The lowest BCUT2D eigenvalue weighted by atomic mass is 10.0. The third kappa shape index (κ3) is 4.92. The average Bonchev–Trinajstić information content (AvgIpc) is 3.38. The van der Waals surface area contributed by atoms with Gasteiger partial charge in [-0.15, -0.1) is 0 Å². The first-order valence-electron chi connectivity index (χ1n) is 11.9. The van der Waals surface area contributed by atoms with Crippen LogP contribution in [0.15, 0.2) is 131 Å². The standard InChI is InChI=1S/C31H22BrN5/c32-25-16-17-29-28(18-25)27(22-10-4-1-5-11-22)19-30(34-29)35-33-20-24-21-37(26-14-8-3-9-15-26)36-31(24)23-12-6-2-7-13-23/h1-21H,(H,34,35). The average molecular weight is 544 g/mol. The van der Waals surface area contributed by atoms with E-state index in [2.05, 4.69) is 56.8 Å². The van der Waals surface area contributed by atoms with Crippen LogP contribution in [0.1, 0.15) is 5.56 Å². The number of halogens is 1. The van der Waals surface area contributed by atoms with E-state index in [0.29, 0.717) is 5.82 Å². The molecule has 2 aromatic heterocycles. The highest BCUT2D eigenvalue weighted by atomic mass is 79.9. The molecular weight excluding hydrogens is 522 g/mol. The Morgan fingerprint density at radius 3 is 2.16 bits per heavy atom. The fourth-order valence-corrected chi connectivity index (χ4v) is 4.66. The highest BCUT2D eigenvalue weighted by Crippen LogP contribution is 2.32. The summed E-state index contributed by atoms with van der Waals surface area (Å²) in [6.07, 6.45) is 3.79. The maximum atomic E-state index is 4.86. The summed E-state index contributed by atoms with van der Waals surface area (Å²) in [5.41, 5.74) is 10.0. The summed E-state index contributed by atoms with van der Waals surface area (Å²) in [4.78, 5) is 4.80. The van der Waals surface area contributed by atoms with Crippen molar-refractivity contribution >= 4 is 38.9 Å². The Kier molecular flexibility index (Phi) is 6.31. The maximum absolute atomic E-state index is 4.86. The number of nitrogens with zero attached hydrogens (tertiary/aromatic N) is 4. The van der Waals surface area contributed by atoms with E-state index in [-0.39, 0.29) is 0 Å². The second kappa shape index (κ2) is 10.2. The lowest BCUT2D eigenvalue weighted by Gasteiger charge is -2.10. The SMILES string of the molecule is Brc1ccc2nc(NN=Cc3cn(-c4ccccc4)nc3-c3ccccc3)cc(-c3ccccc3)c2c1. The van der Waals surface area contributed by atoms with Gasteiger partial charge in [0.2, 0.25) is 0 Å². The molecule has 6 heteroatoms. The van der Waals surface area contributed by atoms with Crippen LogP contribution in [0.2, 0.25) is 0 Å². The van der Waals surface area contributed by atoms with Gasteiger partial charge in [-0.3, -0.25) is 5.43 Å². The summed E-state index contributed by atoms with van der Waals surface area (Å²) in [7, 11) is 0. The van der Waals surface area contributed by atoms with E-state index in [1.165, 1.54) is 0 Å². The molecule has 5 nitrogen and oxygen atoms in total. The largest absolute Gasteiger partial charge is 0.261 e. The van der Waals surface area contributed by atoms with E-state index in [1.54, 1.807) is 6.21 Å². The van der Waals surface area contributed by atoms with Gasteiger partial charge in [-0.25, -0.2) is 9.67 Å². The molecule has 0 spiro atoms. The fraction of sp³-hybridized carbons (Fsp3) is 0. The van der Waals surface area contributed by atoms with E-state index in [1.807, 2.05) is 95.8 Å². The Balaban J connectivity index is 1.37. The first-order chi connectivity index (χ1) is 18.2. The van der Waals surface area contributed by atoms with Crippen LogP contribution in [0.3, 0.4) is 0 Å². The lowest BCUT2D eigenvalue weighted by Crippen LogP contribution is -1.96. The number of anilines is 1. The van der Waals surface area contributed by atoms with Crippen molar-refractivity contribution < 1.29 is 0 Å². The smallest absolute Gasteiger partial charge is 0.147 e. The first kappa shape index (κ1) is 22.9. The van der Waals surface area contributed by atoms with Crippen LogP contribution < -0.4 is 5.43 Å². The molecule has 4 aromatic carbocycles. The Morgan fingerprint density at radius 2 is 1.43 bits per heavy atom. The van der Waals surface area contributed by atoms with Crippen molar-refractivity contribution in [1.82, 2.24) is 14.8 Å². The molecule has 0 aliphatic heterocycles. The molecule has 0 radical (unpaired) electrons. The molecule has 0 aliphatic carbocycles. The minimum Gasteiger partial charge on any atom is -0.261 e. The Hall–Kier alpha value is -4.55. The maximum Gasteiger partial charge on any atom is 0.147 e. The van der Waals surface area contributed by atoms with E-state index in [4.69, 9.17) is 10.1 Å². The van der Waals surface area contributed by atoms with Crippen molar-refractivity contribution in [3.63, 3.8) is 0 Å². The van der Waals surface area contributed by atoms with Gasteiger partial charge in [-0.05, 0) is 47.5 Å². The van der Waals surface area contributed by atoms with Gasteiger partial charge in [-0.2, -0.15) is 10.2 Å². The molecule has 0 saturated heterocycles. The van der Waals surface area contributed by atoms with Crippen molar-refractivity contribution in [2.75, 3.05) is 5.43 Å². The van der Waals surface area contributed by atoms with Crippen molar-refractivity contribution in [2.45, 2.75) is 0 Å². The molecule has 0 fully saturated rings. The summed E-state index contributed by atoms with van der Waals surface area (Å²) in [5, 5.41) is 10.5. The van der Waals surface area contributed by atoms with Gasteiger partial charge in [0, 0.05) is 27.2 Å². The monoisotopic (exact) mass is 543 g/mol. The number of hydrogen-bond acceptors (Lipinski definition) is 4. The Morgan fingerprint density at radius 1 is 0.757 bits per heavy atom. The molecule has 0 unspecified atom stereocenters. The Bertz CT molecular complexity index is 1690. The molecule has 0 amide bonds. The highest BCUT2D eigenvalue weighted by molar-refractivity contribution is 9.10. The van der Waals surface area contributed by atoms with Gasteiger partial charge in [-0.1, -0.05) is 94.8 Å². The van der Waals surface area contributed by atoms with Crippen LogP contribution in [-0.4, -0.2) is 21.0 Å². The van der Waals surface area contributed by atoms with Gasteiger partial charge < -0.3 is 0 Å². The lowest BCUT2D eigenvalue weighted by molar-refractivity contribution is 0.884. The number of benzene rings is 4. The molecular formula is C31H22BrN5. The second-order valence-corrected chi connectivity index (χ2v) is 9.45. The zero-order valence-corrected chi connectivity index (χ0v) is 21.4. The molecule has 0 atom stereocenters. The molecule has 178 valence electrons. The summed E-state index contributed by atoms with van der Waals surface area (Å²) in [6, 6.07) is 38.7. The predicted molar refractivity (Wildman–Crippen MR) is 155 cm³/mol. The normalized spacial score (nSPS) is 11.3. The van der Waals surface area contributed by atoms with E-state index in [9.17, 15) is 0 Å². The van der Waals surface area contributed by atoms with Crippen LogP contribution in [-0.2, 0) is 0 Å². The number of hydrazone groups is 1. The number of para-hydroxylation sites is 1. The van der Waals surface area contributed by atoms with Gasteiger partial charge in [0.1, 0.15) is 11.5 Å². The van der Waals surface area contributed by atoms with E-state index >= 15 is 0 Å². The zero-order chi connectivity index (χ0) is 25.0. The third-order valence-electron chi connectivity index (χ3n) is 6.05.